The second kappa shape index (κ2) is 6.16. The molecule has 2 saturated heterocycles. The Kier molecular flexibility index (Phi) is 4.37. The summed E-state index contributed by atoms with van der Waals surface area (Å²) < 4.78 is 28.9. The first-order chi connectivity index (χ1) is 10.9. The van der Waals surface area contributed by atoms with E-state index < -0.39 is 9.84 Å². The predicted molar refractivity (Wildman–Crippen MR) is 90.5 cm³/mol. The molecule has 2 fully saturated rings. The van der Waals surface area contributed by atoms with E-state index in [4.69, 9.17) is 4.74 Å². The molecule has 1 aromatic rings. The number of thioether (sulfide) groups is 1. The predicted octanol–water partition coefficient (Wildman–Crippen LogP) is 1.31. The molecule has 0 aliphatic carbocycles. The van der Waals surface area contributed by atoms with Crippen molar-refractivity contribution in [1.29, 1.82) is 0 Å². The lowest BCUT2D eigenvalue weighted by Gasteiger charge is -2.24. The van der Waals surface area contributed by atoms with Gasteiger partial charge in [-0.2, -0.15) is 4.99 Å². The van der Waals surface area contributed by atoms with Crippen LogP contribution in [-0.2, 0) is 21.2 Å². The van der Waals surface area contributed by atoms with Crippen LogP contribution in [0, 0.1) is 0 Å². The van der Waals surface area contributed by atoms with Gasteiger partial charge in [0.25, 0.3) is 0 Å². The van der Waals surface area contributed by atoms with E-state index in [1.165, 1.54) is 18.7 Å². The number of benzene rings is 1. The molecule has 6 nitrogen and oxygen atoms in total. The van der Waals surface area contributed by atoms with E-state index in [-0.39, 0.29) is 28.7 Å². The van der Waals surface area contributed by atoms with Crippen molar-refractivity contribution in [2.45, 2.75) is 24.8 Å². The van der Waals surface area contributed by atoms with Gasteiger partial charge < -0.3 is 9.64 Å². The lowest BCUT2D eigenvalue weighted by molar-refractivity contribution is -0.115. The van der Waals surface area contributed by atoms with Crippen LogP contribution in [0.2, 0.25) is 0 Å². The van der Waals surface area contributed by atoms with E-state index in [2.05, 4.69) is 4.99 Å². The summed E-state index contributed by atoms with van der Waals surface area (Å²) in [6, 6.07) is 7.48. The number of hydrogen-bond donors (Lipinski definition) is 0. The average molecular weight is 354 g/mol. The molecule has 2 aliphatic heterocycles. The number of ether oxygens (including phenoxy) is 1. The molecule has 1 aromatic carbocycles. The number of carbonyl (C=O) groups excluding carboxylic acids is 1. The molecule has 8 heteroatoms. The second-order valence-electron chi connectivity index (χ2n) is 5.69. The lowest BCUT2D eigenvalue weighted by atomic mass is 10.1. The normalized spacial score (nSPS) is 27.2. The maximum Gasteiger partial charge on any atom is 0.244 e. The third-order valence-corrected chi connectivity index (χ3v) is 7.19. The van der Waals surface area contributed by atoms with Crippen molar-refractivity contribution in [2.75, 3.05) is 18.6 Å². The van der Waals surface area contributed by atoms with Crippen molar-refractivity contribution < 1.29 is 17.9 Å². The maximum absolute atomic E-state index is 11.9. The Bertz CT molecular complexity index is 743. The van der Waals surface area contributed by atoms with Gasteiger partial charge in [0.2, 0.25) is 5.91 Å². The minimum absolute atomic E-state index is 0.0450. The molecule has 2 atom stereocenters. The Hall–Kier alpha value is -1.54. The summed E-state index contributed by atoms with van der Waals surface area (Å²) >= 11 is 1.40. The monoisotopic (exact) mass is 354 g/mol. The highest BCUT2D eigenvalue weighted by molar-refractivity contribution is 8.15. The fraction of sp³-hybridized carbons (Fsp3) is 0.467. The first kappa shape index (κ1) is 16.3. The largest absolute Gasteiger partial charge is 0.497 e. The Morgan fingerprint density at radius 1 is 1.35 bits per heavy atom. The smallest absolute Gasteiger partial charge is 0.244 e. The van der Waals surface area contributed by atoms with Crippen LogP contribution >= 0.6 is 11.8 Å². The van der Waals surface area contributed by atoms with Gasteiger partial charge in [0, 0.05) is 18.7 Å². The van der Waals surface area contributed by atoms with Gasteiger partial charge in [0.1, 0.15) is 5.75 Å². The number of fused-ring (bicyclic) bond motifs is 1. The summed E-state index contributed by atoms with van der Waals surface area (Å²) in [6.07, 6.45) is 0. The molecule has 23 heavy (non-hydrogen) atoms. The zero-order valence-corrected chi connectivity index (χ0v) is 14.6. The quantitative estimate of drug-likeness (QED) is 0.815. The van der Waals surface area contributed by atoms with Gasteiger partial charge in [-0.1, -0.05) is 23.9 Å². The molecular weight excluding hydrogens is 336 g/mol. The third-order valence-electron chi connectivity index (χ3n) is 3.94. The Balaban J connectivity index is 1.86. The zero-order valence-electron chi connectivity index (χ0n) is 12.9. The summed E-state index contributed by atoms with van der Waals surface area (Å²) in [5.74, 6) is 0.773. The van der Waals surface area contributed by atoms with Crippen LogP contribution in [0.25, 0.3) is 0 Å². The van der Waals surface area contributed by atoms with Crippen molar-refractivity contribution in [2.24, 2.45) is 4.99 Å². The molecule has 3 rings (SSSR count). The van der Waals surface area contributed by atoms with E-state index in [0.717, 1.165) is 11.3 Å². The van der Waals surface area contributed by atoms with Crippen molar-refractivity contribution in [3.63, 3.8) is 0 Å². The number of sulfone groups is 1. The fourth-order valence-electron chi connectivity index (χ4n) is 2.88. The van der Waals surface area contributed by atoms with Crippen LogP contribution in [0.4, 0.5) is 0 Å². The topological polar surface area (TPSA) is 76.0 Å². The van der Waals surface area contributed by atoms with Crippen molar-refractivity contribution in [1.82, 2.24) is 4.90 Å². The maximum atomic E-state index is 11.9. The van der Waals surface area contributed by atoms with E-state index in [1.807, 2.05) is 29.2 Å². The molecule has 0 spiro atoms. The van der Waals surface area contributed by atoms with E-state index in [1.54, 1.807) is 7.11 Å². The molecule has 0 radical (unpaired) electrons. The number of carbonyl (C=O) groups is 1. The number of nitrogens with zero attached hydrogens (tertiary/aromatic N) is 2. The van der Waals surface area contributed by atoms with Gasteiger partial charge >= 0.3 is 0 Å². The molecule has 124 valence electrons. The fourth-order valence-corrected chi connectivity index (χ4v) is 6.88. The van der Waals surface area contributed by atoms with E-state index in [9.17, 15) is 13.2 Å². The Morgan fingerprint density at radius 2 is 2.04 bits per heavy atom. The first-order valence-electron chi connectivity index (χ1n) is 7.24. The number of rotatable bonds is 3. The molecule has 0 aromatic heterocycles. The van der Waals surface area contributed by atoms with Gasteiger partial charge in [-0.3, -0.25) is 4.79 Å². The van der Waals surface area contributed by atoms with Crippen molar-refractivity contribution >= 4 is 32.7 Å². The van der Waals surface area contributed by atoms with Crippen LogP contribution in [-0.4, -0.2) is 54.3 Å². The molecule has 0 N–H and O–H groups in total. The Morgan fingerprint density at radius 3 is 2.65 bits per heavy atom. The van der Waals surface area contributed by atoms with Crippen LogP contribution in [0.5, 0.6) is 5.75 Å². The number of methoxy groups -OCH3 is 1. The molecule has 2 heterocycles. The highest BCUT2D eigenvalue weighted by atomic mass is 32.2. The number of amides is 1. The molecule has 2 unspecified atom stereocenters. The molecule has 1 amide bonds. The van der Waals surface area contributed by atoms with Gasteiger partial charge in [-0.05, 0) is 17.7 Å². The summed E-state index contributed by atoms with van der Waals surface area (Å²) in [6.45, 7) is 1.93. The number of hydrogen-bond acceptors (Lipinski definition) is 5. The highest BCUT2D eigenvalue weighted by Crippen LogP contribution is 2.39. The summed E-state index contributed by atoms with van der Waals surface area (Å²) in [5.41, 5.74) is 1.02. The summed E-state index contributed by atoms with van der Waals surface area (Å²) in [7, 11) is -1.41. The number of aliphatic imine (C=N–C) groups is 1. The van der Waals surface area contributed by atoms with Gasteiger partial charge in [-0.15, -0.1) is 0 Å². The zero-order chi connectivity index (χ0) is 16.6. The molecule has 0 saturated carbocycles. The van der Waals surface area contributed by atoms with Crippen molar-refractivity contribution in [3.05, 3.63) is 29.8 Å². The van der Waals surface area contributed by atoms with E-state index in [0.29, 0.717) is 11.7 Å². The lowest BCUT2D eigenvalue weighted by Crippen LogP contribution is -2.37. The van der Waals surface area contributed by atoms with Crippen LogP contribution < -0.4 is 4.74 Å². The molecule has 2 aliphatic rings. The van der Waals surface area contributed by atoms with Crippen molar-refractivity contribution in [3.8, 4) is 5.75 Å². The minimum Gasteiger partial charge on any atom is -0.497 e. The average Bonchev–Trinajstić information content (AvgIpc) is 2.92. The number of amidine groups is 1. The van der Waals surface area contributed by atoms with Crippen LogP contribution in [0.1, 0.15) is 12.5 Å². The summed E-state index contributed by atoms with van der Waals surface area (Å²) in [5, 5.41) is 0.578. The van der Waals surface area contributed by atoms with Gasteiger partial charge in [0.05, 0.1) is 24.7 Å². The highest BCUT2D eigenvalue weighted by Gasteiger charge is 2.48. The molecular formula is C15H18N2O4S2. The summed E-state index contributed by atoms with van der Waals surface area (Å²) in [4.78, 5) is 17.4. The standard InChI is InChI=1S/C15H18N2O4S2/c1-10(18)16-15-17(7-11-3-5-12(21-2)6-4-11)13-8-23(19,20)9-14(13)22-15/h3-6,13-14H,7-9H2,1-2H3. The van der Waals surface area contributed by atoms with Gasteiger partial charge in [0.15, 0.2) is 15.0 Å². The van der Waals surface area contributed by atoms with Crippen LogP contribution in [0.15, 0.2) is 29.3 Å². The third kappa shape index (κ3) is 3.53. The Labute approximate surface area is 139 Å². The van der Waals surface area contributed by atoms with Gasteiger partial charge in [-0.25, -0.2) is 8.42 Å². The first-order valence-corrected chi connectivity index (χ1v) is 9.94. The SMILES string of the molecule is COc1ccc(CN2C(=NC(C)=O)SC3CS(=O)(=O)CC32)cc1. The minimum atomic E-state index is -3.02. The van der Waals surface area contributed by atoms with E-state index >= 15 is 0 Å². The molecule has 0 bridgehead atoms. The van der Waals surface area contributed by atoms with Crippen LogP contribution in [0.3, 0.4) is 0 Å². The second-order valence-corrected chi connectivity index (χ2v) is 9.05.